The Bertz CT molecular complexity index is 386. The van der Waals surface area contributed by atoms with Gasteiger partial charge >= 0.3 is 0 Å². The maximum atomic E-state index is 10.5. The van der Waals surface area contributed by atoms with E-state index in [1.54, 1.807) is 0 Å². The summed E-state index contributed by atoms with van der Waals surface area (Å²) in [4.78, 5) is 0. The van der Waals surface area contributed by atoms with Crippen molar-refractivity contribution < 1.29 is 5.11 Å². The second-order valence-electron chi connectivity index (χ2n) is 5.84. The first kappa shape index (κ1) is 12.9. The van der Waals surface area contributed by atoms with Gasteiger partial charge in [0.15, 0.2) is 0 Å². The molecule has 1 nitrogen and oxygen atoms in total. The molecule has 0 saturated heterocycles. The minimum absolute atomic E-state index is 0.222. The molecular weight excluding hydrogens is 232 g/mol. The topological polar surface area (TPSA) is 20.2 Å². The molecule has 0 aromatic heterocycles. The number of aliphatic hydroxyl groups excluding tert-OH is 1. The van der Waals surface area contributed by atoms with E-state index >= 15 is 0 Å². The van der Waals surface area contributed by atoms with Crippen molar-refractivity contribution in [2.24, 2.45) is 11.3 Å². The van der Waals surface area contributed by atoms with Crippen molar-refractivity contribution in [1.29, 1.82) is 0 Å². The van der Waals surface area contributed by atoms with E-state index in [4.69, 9.17) is 11.6 Å². The molecule has 1 aromatic carbocycles. The van der Waals surface area contributed by atoms with Crippen LogP contribution >= 0.6 is 11.6 Å². The molecule has 1 fully saturated rings. The normalized spacial score (nSPS) is 25.5. The summed E-state index contributed by atoms with van der Waals surface area (Å²) in [5.41, 5.74) is 1.18. The Labute approximate surface area is 109 Å². The number of hydrogen-bond acceptors (Lipinski definition) is 1. The highest BCUT2D eigenvalue weighted by molar-refractivity contribution is 6.30. The Kier molecular flexibility index (Phi) is 3.79. The third-order valence-electron chi connectivity index (χ3n) is 4.16. The molecule has 0 radical (unpaired) electrons. The quantitative estimate of drug-likeness (QED) is 0.816. The van der Waals surface area contributed by atoms with Gasteiger partial charge in [-0.3, -0.25) is 0 Å². The number of rotatable bonds is 2. The van der Waals surface area contributed by atoms with Crippen molar-refractivity contribution in [3.8, 4) is 0 Å². The molecule has 17 heavy (non-hydrogen) atoms. The Balaban J connectivity index is 2.21. The monoisotopic (exact) mass is 252 g/mol. The molecule has 94 valence electrons. The Morgan fingerprint density at radius 2 is 2.12 bits per heavy atom. The van der Waals surface area contributed by atoms with Crippen LogP contribution in [-0.2, 0) is 0 Å². The van der Waals surface area contributed by atoms with Gasteiger partial charge in [-0.2, -0.15) is 0 Å². The van der Waals surface area contributed by atoms with E-state index in [0.29, 0.717) is 10.9 Å². The third-order valence-corrected chi connectivity index (χ3v) is 4.40. The molecule has 2 rings (SSSR count). The SMILES string of the molecule is CC1(C)CCCCC1C(O)c1cccc(Cl)c1. The summed E-state index contributed by atoms with van der Waals surface area (Å²) in [5.74, 6) is 0.342. The summed E-state index contributed by atoms with van der Waals surface area (Å²) in [6.07, 6.45) is 4.44. The van der Waals surface area contributed by atoms with Crippen LogP contribution in [0.1, 0.15) is 51.2 Å². The van der Waals surface area contributed by atoms with Crippen molar-refractivity contribution in [3.63, 3.8) is 0 Å². The molecule has 1 aromatic rings. The molecule has 2 unspecified atom stereocenters. The predicted octanol–water partition coefficient (Wildman–Crippen LogP) is 4.59. The first-order chi connectivity index (χ1) is 8.00. The number of hydrogen-bond donors (Lipinski definition) is 1. The van der Waals surface area contributed by atoms with Crippen molar-refractivity contribution in [2.45, 2.75) is 45.6 Å². The van der Waals surface area contributed by atoms with E-state index in [9.17, 15) is 5.11 Å². The van der Waals surface area contributed by atoms with E-state index in [0.717, 1.165) is 12.0 Å². The highest BCUT2D eigenvalue weighted by Gasteiger charge is 2.37. The Morgan fingerprint density at radius 3 is 2.76 bits per heavy atom. The molecule has 0 amide bonds. The van der Waals surface area contributed by atoms with Crippen LogP contribution in [0.3, 0.4) is 0 Å². The van der Waals surface area contributed by atoms with Crippen LogP contribution in [0.4, 0.5) is 0 Å². The Morgan fingerprint density at radius 1 is 1.35 bits per heavy atom. The van der Waals surface area contributed by atoms with E-state index in [-0.39, 0.29) is 11.5 Å². The predicted molar refractivity (Wildman–Crippen MR) is 72.2 cm³/mol. The van der Waals surface area contributed by atoms with Crippen molar-refractivity contribution in [1.82, 2.24) is 0 Å². The van der Waals surface area contributed by atoms with Gasteiger partial charge in [0, 0.05) is 5.02 Å². The molecule has 1 aliphatic carbocycles. The van der Waals surface area contributed by atoms with Crippen LogP contribution in [0.15, 0.2) is 24.3 Å². The molecule has 1 N–H and O–H groups in total. The second kappa shape index (κ2) is 4.99. The highest BCUT2D eigenvalue weighted by atomic mass is 35.5. The third kappa shape index (κ3) is 2.83. The number of halogens is 1. The van der Waals surface area contributed by atoms with Gasteiger partial charge in [0.05, 0.1) is 6.10 Å². The van der Waals surface area contributed by atoms with Crippen LogP contribution in [0.2, 0.25) is 5.02 Å². The lowest BCUT2D eigenvalue weighted by molar-refractivity contribution is 0.00386. The number of aliphatic hydroxyl groups is 1. The molecule has 0 bridgehead atoms. The molecular formula is C15H21ClO. The molecule has 0 heterocycles. The zero-order valence-corrected chi connectivity index (χ0v) is 11.4. The van der Waals surface area contributed by atoms with Crippen molar-refractivity contribution in [3.05, 3.63) is 34.9 Å². The van der Waals surface area contributed by atoms with Crippen molar-refractivity contribution in [2.75, 3.05) is 0 Å². The van der Waals surface area contributed by atoms with E-state index < -0.39 is 0 Å². The summed E-state index contributed by atoms with van der Waals surface area (Å²) >= 11 is 5.99. The van der Waals surface area contributed by atoms with Gasteiger partial charge < -0.3 is 5.11 Å². The fourth-order valence-electron chi connectivity index (χ4n) is 3.03. The fourth-order valence-corrected chi connectivity index (χ4v) is 3.23. The van der Waals surface area contributed by atoms with Crippen LogP contribution in [0.5, 0.6) is 0 Å². The van der Waals surface area contributed by atoms with E-state index in [1.165, 1.54) is 19.3 Å². The Hall–Kier alpha value is -0.530. The van der Waals surface area contributed by atoms with Gasteiger partial charge in [0.1, 0.15) is 0 Å². The molecule has 0 spiro atoms. The smallest absolute Gasteiger partial charge is 0.0823 e. The average Bonchev–Trinajstić information content (AvgIpc) is 2.27. The lowest BCUT2D eigenvalue weighted by Gasteiger charge is -2.41. The molecule has 1 aliphatic rings. The standard InChI is InChI=1S/C15H21ClO/c1-15(2)9-4-3-8-13(15)14(17)11-6-5-7-12(16)10-11/h5-7,10,13-14,17H,3-4,8-9H2,1-2H3. The lowest BCUT2D eigenvalue weighted by Crippen LogP contribution is -2.32. The van der Waals surface area contributed by atoms with Crippen LogP contribution < -0.4 is 0 Å². The van der Waals surface area contributed by atoms with Gasteiger partial charge in [-0.05, 0) is 41.9 Å². The minimum Gasteiger partial charge on any atom is -0.388 e. The first-order valence-corrected chi connectivity index (χ1v) is 6.82. The molecule has 2 atom stereocenters. The summed E-state index contributed by atoms with van der Waals surface area (Å²) in [5, 5.41) is 11.3. The van der Waals surface area contributed by atoms with Gasteiger partial charge in [0.25, 0.3) is 0 Å². The maximum Gasteiger partial charge on any atom is 0.0823 e. The first-order valence-electron chi connectivity index (χ1n) is 6.44. The summed E-state index contributed by atoms with van der Waals surface area (Å²) in [6.45, 7) is 4.54. The summed E-state index contributed by atoms with van der Waals surface area (Å²) in [6, 6.07) is 7.62. The maximum absolute atomic E-state index is 10.5. The van der Waals surface area contributed by atoms with Crippen LogP contribution in [0, 0.1) is 11.3 Å². The average molecular weight is 253 g/mol. The molecule has 0 aliphatic heterocycles. The van der Waals surface area contributed by atoms with Gasteiger partial charge in [-0.1, -0.05) is 50.4 Å². The van der Waals surface area contributed by atoms with Crippen LogP contribution in [-0.4, -0.2) is 5.11 Å². The minimum atomic E-state index is -0.385. The zero-order chi connectivity index (χ0) is 12.5. The van der Waals surface area contributed by atoms with E-state index in [1.807, 2.05) is 24.3 Å². The summed E-state index contributed by atoms with van der Waals surface area (Å²) in [7, 11) is 0. The van der Waals surface area contributed by atoms with Gasteiger partial charge in [-0.25, -0.2) is 0 Å². The molecule has 2 heteroatoms. The van der Waals surface area contributed by atoms with Gasteiger partial charge in [0.2, 0.25) is 0 Å². The summed E-state index contributed by atoms with van der Waals surface area (Å²) < 4.78 is 0. The second-order valence-corrected chi connectivity index (χ2v) is 6.28. The lowest BCUT2D eigenvalue weighted by atomic mass is 9.65. The number of benzene rings is 1. The largest absolute Gasteiger partial charge is 0.388 e. The zero-order valence-electron chi connectivity index (χ0n) is 10.6. The molecule has 1 saturated carbocycles. The van der Waals surface area contributed by atoms with Crippen molar-refractivity contribution >= 4 is 11.6 Å². The fraction of sp³-hybridized carbons (Fsp3) is 0.600. The highest BCUT2D eigenvalue weighted by Crippen LogP contribution is 2.46. The van der Waals surface area contributed by atoms with Gasteiger partial charge in [-0.15, -0.1) is 0 Å². The van der Waals surface area contributed by atoms with E-state index in [2.05, 4.69) is 13.8 Å². The van der Waals surface area contributed by atoms with Crippen LogP contribution in [0.25, 0.3) is 0 Å².